The number of halogens is 4. The molecule has 0 fully saturated rings. The van der Waals surface area contributed by atoms with E-state index in [2.05, 4.69) is 11.3 Å². The summed E-state index contributed by atoms with van der Waals surface area (Å²) in [5.41, 5.74) is 0.976. The summed E-state index contributed by atoms with van der Waals surface area (Å²) >= 11 is 6.11. The van der Waals surface area contributed by atoms with Gasteiger partial charge in [-0.15, -0.1) is 0 Å². The summed E-state index contributed by atoms with van der Waals surface area (Å²) in [4.78, 5) is -0.229. The van der Waals surface area contributed by atoms with Crippen molar-refractivity contribution in [3.8, 4) is 11.5 Å². The molecule has 1 aliphatic heterocycles. The predicted molar refractivity (Wildman–Crippen MR) is 144 cm³/mol. The van der Waals surface area contributed by atoms with Crippen molar-refractivity contribution in [2.24, 2.45) is 0 Å². The fraction of sp³-hybridized carbons (Fsp3) is 0.214. The molecule has 0 saturated heterocycles. The number of hydrogen-bond acceptors (Lipinski definition) is 5. The number of methoxy groups -OCH3 is 1. The number of anilines is 1. The Kier molecular flexibility index (Phi) is 8.76. The highest BCUT2D eigenvalue weighted by Gasteiger charge is 2.35. The van der Waals surface area contributed by atoms with Gasteiger partial charge in [0.1, 0.15) is 23.4 Å². The Labute approximate surface area is 229 Å². The lowest BCUT2D eigenvalue weighted by Gasteiger charge is -2.36. The molecule has 1 atom stereocenters. The van der Waals surface area contributed by atoms with Gasteiger partial charge in [-0.25, -0.2) is 12.8 Å². The van der Waals surface area contributed by atoms with Crippen molar-refractivity contribution >= 4 is 39.5 Å². The molecule has 0 radical (unpaired) electrons. The van der Waals surface area contributed by atoms with Gasteiger partial charge in [-0.2, -0.15) is 8.78 Å². The standard InChI is InChI=1S/C28H25ClF3NO5S/c1-18(36-2)9-12-21-17-33(39(34,35)22-6-3-5-20(16-22)38-28(31)32)26-15-19(11-14-27(26)37-21)10-13-23-24(29)7-4-8-25(23)30/h3-8,10-11,13-16,21,28H,1,9,12,17H2,2H3/b13-10+/t21-/m0/s1. The van der Waals surface area contributed by atoms with Gasteiger partial charge in [-0.3, -0.25) is 4.31 Å². The van der Waals surface area contributed by atoms with Crippen LogP contribution in [-0.2, 0) is 14.8 Å². The predicted octanol–water partition coefficient (Wildman–Crippen LogP) is 7.15. The molecule has 0 aromatic heterocycles. The summed E-state index contributed by atoms with van der Waals surface area (Å²) in [6.45, 7) is 0.626. The van der Waals surface area contributed by atoms with Crippen LogP contribution in [0.3, 0.4) is 0 Å². The third-order valence-electron chi connectivity index (χ3n) is 6.01. The maximum Gasteiger partial charge on any atom is 0.387 e. The van der Waals surface area contributed by atoms with Crippen LogP contribution in [0.4, 0.5) is 18.9 Å². The minimum absolute atomic E-state index is 0.0570. The summed E-state index contributed by atoms with van der Waals surface area (Å²) in [6, 6.07) is 14.1. The second kappa shape index (κ2) is 12.0. The van der Waals surface area contributed by atoms with E-state index >= 15 is 0 Å². The summed E-state index contributed by atoms with van der Waals surface area (Å²) < 4.78 is 84.1. The molecule has 3 aromatic carbocycles. The highest BCUT2D eigenvalue weighted by Crippen LogP contribution is 2.39. The molecule has 0 saturated carbocycles. The molecule has 3 aromatic rings. The summed E-state index contributed by atoms with van der Waals surface area (Å²) in [6.07, 6.45) is 3.40. The van der Waals surface area contributed by atoms with E-state index in [0.29, 0.717) is 29.9 Å². The lowest BCUT2D eigenvalue weighted by molar-refractivity contribution is -0.0499. The third kappa shape index (κ3) is 6.69. The Bertz CT molecular complexity index is 1480. The normalized spacial score (nSPS) is 15.2. The number of ether oxygens (including phenoxy) is 3. The van der Waals surface area contributed by atoms with E-state index in [1.165, 1.54) is 47.8 Å². The third-order valence-corrected chi connectivity index (χ3v) is 8.11. The van der Waals surface area contributed by atoms with Gasteiger partial charge in [0.2, 0.25) is 0 Å². The number of alkyl halides is 2. The van der Waals surface area contributed by atoms with Gasteiger partial charge in [0.15, 0.2) is 0 Å². The number of rotatable bonds is 10. The average Bonchev–Trinajstić information content (AvgIpc) is 2.90. The topological polar surface area (TPSA) is 65.1 Å². The molecule has 0 spiro atoms. The maximum atomic E-state index is 14.2. The number of sulfonamides is 1. The first-order valence-electron chi connectivity index (χ1n) is 11.8. The molecule has 0 amide bonds. The zero-order valence-electron chi connectivity index (χ0n) is 20.8. The van der Waals surface area contributed by atoms with Gasteiger partial charge in [-0.05, 0) is 54.5 Å². The summed E-state index contributed by atoms with van der Waals surface area (Å²) in [5, 5.41) is 0.225. The number of benzene rings is 3. The van der Waals surface area contributed by atoms with E-state index in [0.717, 1.165) is 6.07 Å². The quantitative estimate of drug-likeness (QED) is 0.189. The SMILES string of the molecule is C=C(CC[C@H]1CN(S(=O)(=O)c2cccc(OC(F)F)c2)c2cc(/C=C/c3c(F)cccc3Cl)ccc2O1)OC. The van der Waals surface area contributed by atoms with Gasteiger partial charge < -0.3 is 14.2 Å². The zero-order valence-corrected chi connectivity index (χ0v) is 22.4. The molecule has 4 rings (SSSR count). The van der Waals surface area contributed by atoms with E-state index in [1.807, 2.05) is 0 Å². The van der Waals surface area contributed by atoms with Gasteiger partial charge in [-0.1, -0.05) is 42.5 Å². The number of nitrogens with zero attached hydrogens (tertiary/aromatic N) is 1. The van der Waals surface area contributed by atoms with Crippen LogP contribution >= 0.6 is 11.6 Å². The molecule has 0 aliphatic carbocycles. The Morgan fingerprint density at radius 2 is 1.95 bits per heavy atom. The first kappa shape index (κ1) is 28.4. The second-order valence-corrected chi connectivity index (χ2v) is 10.9. The zero-order chi connectivity index (χ0) is 28.2. The van der Waals surface area contributed by atoms with Crippen LogP contribution in [0.2, 0.25) is 5.02 Å². The number of hydrogen-bond donors (Lipinski definition) is 0. The molecule has 11 heteroatoms. The van der Waals surface area contributed by atoms with Gasteiger partial charge >= 0.3 is 6.61 Å². The van der Waals surface area contributed by atoms with Gasteiger partial charge in [0.05, 0.1) is 35.0 Å². The Morgan fingerprint density at radius 3 is 2.67 bits per heavy atom. The number of fused-ring (bicyclic) bond motifs is 1. The monoisotopic (exact) mass is 579 g/mol. The Hall–Kier alpha value is -3.63. The Balaban J connectivity index is 1.73. The molecule has 1 heterocycles. The van der Waals surface area contributed by atoms with E-state index in [1.54, 1.807) is 30.3 Å². The fourth-order valence-corrected chi connectivity index (χ4v) is 5.78. The Morgan fingerprint density at radius 1 is 1.18 bits per heavy atom. The van der Waals surface area contributed by atoms with E-state index in [4.69, 9.17) is 21.1 Å². The molecule has 1 aliphatic rings. The fourth-order valence-electron chi connectivity index (χ4n) is 4.02. The molecular formula is C28H25ClF3NO5S. The van der Waals surface area contributed by atoms with Crippen LogP contribution in [-0.4, -0.2) is 34.8 Å². The van der Waals surface area contributed by atoms with Crippen LogP contribution in [0, 0.1) is 5.82 Å². The van der Waals surface area contributed by atoms with Crippen molar-refractivity contribution in [2.75, 3.05) is 18.0 Å². The van der Waals surface area contributed by atoms with Crippen LogP contribution in [0.25, 0.3) is 12.2 Å². The molecule has 0 N–H and O–H groups in total. The summed E-state index contributed by atoms with van der Waals surface area (Å²) in [5.74, 6) is 0.0310. The molecule has 0 unspecified atom stereocenters. The highest BCUT2D eigenvalue weighted by atomic mass is 35.5. The maximum absolute atomic E-state index is 14.2. The van der Waals surface area contributed by atoms with Crippen LogP contribution < -0.4 is 13.8 Å². The van der Waals surface area contributed by atoms with Crippen molar-refractivity contribution in [3.63, 3.8) is 0 Å². The minimum atomic E-state index is -4.24. The van der Waals surface area contributed by atoms with Gasteiger partial charge in [0, 0.05) is 18.1 Å². The molecule has 0 bridgehead atoms. The highest BCUT2D eigenvalue weighted by molar-refractivity contribution is 7.92. The van der Waals surface area contributed by atoms with Crippen molar-refractivity contribution in [1.29, 1.82) is 0 Å². The van der Waals surface area contributed by atoms with E-state index < -0.39 is 28.6 Å². The second-order valence-electron chi connectivity index (χ2n) is 8.61. The van der Waals surface area contributed by atoms with Crippen molar-refractivity contribution in [2.45, 2.75) is 30.5 Å². The summed E-state index contributed by atoms with van der Waals surface area (Å²) in [7, 11) is -2.74. The van der Waals surface area contributed by atoms with Crippen LogP contribution in [0.15, 0.2) is 77.9 Å². The first-order chi connectivity index (χ1) is 18.6. The van der Waals surface area contributed by atoms with Crippen molar-refractivity contribution < 1.29 is 35.8 Å². The smallest absolute Gasteiger partial charge is 0.387 e. The average molecular weight is 580 g/mol. The minimum Gasteiger partial charge on any atom is -0.502 e. The molecule has 6 nitrogen and oxygen atoms in total. The largest absolute Gasteiger partial charge is 0.502 e. The van der Waals surface area contributed by atoms with Crippen LogP contribution in [0.1, 0.15) is 24.0 Å². The van der Waals surface area contributed by atoms with Crippen molar-refractivity contribution in [1.82, 2.24) is 0 Å². The molecule has 206 valence electrons. The van der Waals surface area contributed by atoms with Crippen LogP contribution in [0.5, 0.6) is 11.5 Å². The van der Waals surface area contributed by atoms with Crippen molar-refractivity contribution in [3.05, 3.63) is 95.0 Å². The lowest BCUT2D eigenvalue weighted by Crippen LogP contribution is -2.43. The van der Waals surface area contributed by atoms with E-state index in [9.17, 15) is 21.6 Å². The molecular weight excluding hydrogens is 555 g/mol. The lowest BCUT2D eigenvalue weighted by atomic mass is 10.1. The van der Waals surface area contributed by atoms with E-state index in [-0.39, 0.29) is 33.5 Å². The first-order valence-corrected chi connectivity index (χ1v) is 13.6. The molecule has 39 heavy (non-hydrogen) atoms. The number of allylic oxidation sites excluding steroid dienone is 1. The van der Waals surface area contributed by atoms with Gasteiger partial charge in [0.25, 0.3) is 10.0 Å².